The molecule has 0 N–H and O–H groups in total. The molecule has 122 valence electrons. The number of hydrogen-bond donors (Lipinski definition) is 0. The number of methoxy groups -OCH3 is 1. The van der Waals surface area contributed by atoms with Crippen LogP contribution in [0.25, 0.3) is 0 Å². The molecule has 1 saturated heterocycles. The van der Waals surface area contributed by atoms with Gasteiger partial charge in [-0.25, -0.2) is 4.98 Å². The highest BCUT2D eigenvalue weighted by Gasteiger charge is 2.23. The van der Waals surface area contributed by atoms with Crippen LogP contribution in [0, 0.1) is 0 Å². The highest BCUT2D eigenvalue weighted by Crippen LogP contribution is 2.12. The first-order chi connectivity index (χ1) is 11.2. The summed E-state index contributed by atoms with van der Waals surface area (Å²) in [6.07, 6.45) is 3.49. The fraction of sp³-hybridized carbons (Fsp3) is 0.438. The fourth-order valence-corrected chi connectivity index (χ4v) is 2.74. The van der Waals surface area contributed by atoms with Crippen LogP contribution in [0.5, 0.6) is 5.88 Å². The summed E-state index contributed by atoms with van der Waals surface area (Å²) in [6.45, 7) is 4.01. The van der Waals surface area contributed by atoms with E-state index >= 15 is 0 Å². The van der Waals surface area contributed by atoms with Gasteiger partial charge in [-0.3, -0.25) is 14.4 Å². The average molecular weight is 315 g/mol. The lowest BCUT2D eigenvalue weighted by Crippen LogP contribution is -2.48. The van der Waals surface area contributed by atoms with Crippen LogP contribution in [0.4, 0.5) is 0 Å². The topological polar surface area (TPSA) is 63.5 Å². The van der Waals surface area contributed by atoms with E-state index < -0.39 is 0 Å². The molecule has 2 aromatic heterocycles. The summed E-state index contributed by atoms with van der Waals surface area (Å²) < 4.78 is 6.69. The largest absolute Gasteiger partial charge is 0.481 e. The Morgan fingerprint density at radius 3 is 2.57 bits per heavy atom. The summed E-state index contributed by atoms with van der Waals surface area (Å²) in [6, 6.07) is 5.66. The van der Waals surface area contributed by atoms with Gasteiger partial charge in [0.2, 0.25) is 5.88 Å². The van der Waals surface area contributed by atoms with Gasteiger partial charge in [0.1, 0.15) is 5.69 Å². The number of carbonyl (C=O) groups excluding carboxylic acids is 1. The number of amides is 1. The van der Waals surface area contributed by atoms with E-state index in [-0.39, 0.29) is 5.91 Å². The maximum absolute atomic E-state index is 12.4. The van der Waals surface area contributed by atoms with Crippen molar-refractivity contribution in [2.45, 2.75) is 6.54 Å². The Balaban J connectivity index is 1.54. The average Bonchev–Trinajstić information content (AvgIpc) is 3.02. The van der Waals surface area contributed by atoms with Crippen LogP contribution in [-0.4, -0.2) is 63.8 Å². The Morgan fingerprint density at radius 2 is 2.00 bits per heavy atom. The Bertz CT molecular complexity index is 659. The molecule has 1 aliphatic heterocycles. The van der Waals surface area contributed by atoms with Crippen molar-refractivity contribution in [1.82, 2.24) is 24.6 Å². The maximum atomic E-state index is 12.4. The first-order valence-corrected chi connectivity index (χ1v) is 7.66. The number of carbonyl (C=O) groups is 1. The van der Waals surface area contributed by atoms with Crippen LogP contribution in [0.1, 0.15) is 16.1 Å². The van der Waals surface area contributed by atoms with Crippen LogP contribution in [0.2, 0.25) is 0 Å². The summed E-state index contributed by atoms with van der Waals surface area (Å²) in [4.78, 5) is 20.9. The van der Waals surface area contributed by atoms with Crippen molar-refractivity contribution in [3.63, 3.8) is 0 Å². The van der Waals surface area contributed by atoms with E-state index in [2.05, 4.69) is 15.0 Å². The zero-order valence-corrected chi connectivity index (χ0v) is 13.5. The predicted octanol–water partition coefficient (Wildman–Crippen LogP) is 0.782. The summed E-state index contributed by atoms with van der Waals surface area (Å²) in [7, 11) is 3.40. The lowest BCUT2D eigenvalue weighted by molar-refractivity contribution is 0.0617. The molecule has 1 fully saturated rings. The highest BCUT2D eigenvalue weighted by atomic mass is 16.5. The standard InChI is InChI=1S/C16H21N5O2/c1-19-14(5-6-18-19)16(22)21-9-7-20(8-10-21)12-13-3-4-15(23-2)17-11-13/h3-6,11H,7-10,12H2,1-2H3. The first-order valence-electron chi connectivity index (χ1n) is 7.66. The molecule has 2 aromatic rings. The third-order valence-corrected chi connectivity index (χ3v) is 4.11. The number of pyridine rings is 1. The summed E-state index contributed by atoms with van der Waals surface area (Å²) in [5.74, 6) is 0.677. The van der Waals surface area contributed by atoms with E-state index in [1.807, 2.05) is 23.2 Å². The van der Waals surface area contributed by atoms with Gasteiger partial charge >= 0.3 is 0 Å². The minimum absolute atomic E-state index is 0.0516. The van der Waals surface area contributed by atoms with Crippen LogP contribution >= 0.6 is 0 Å². The molecule has 0 aliphatic carbocycles. The molecule has 0 radical (unpaired) electrons. The van der Waals surface area contributed by atoms with Crippen molar-refractivity contribution >= 4 is 5.91 Å². The van der Waals surface area contributed by atoms with Gasteiger partial charge in [0.25, 0.3) is 5.91 Å². The lowest BCUT2D eigenvalue weighted by atomic mass is 10.2. The number of nitrogens with zero attached hydrogens (tertiary/aromatic N) is 5. The van der Waals surface area contributed by atoms with Gasteiger partial charge in [-0.2, -0.15) is 5.10 Å². The number of ether oxygens (including phenoxy) is 1. The second-order valence-electron chi connectivity index (χ2n) is 5.62. The van der Waals surface area contributed by atoms with Gasteiger partial charge in [0.15, 0.2) is 0 Å². The zero-order valence-electron chi connectivity index (χ0n) is 13.5. The van der Waals surface area contributed by atoms with Crippen LogP contribution in [0.3, 0.4) is 0 Å². The summed E-state index contributed by atoms with van der Waals surface area (Å²) in [5, 5.41) is 4.06. The molecular formula is C16H21N5O2. The van der Waals surface area contributed by atoms with Crippen LogP contribution < -0.4 is 4.74 Å². The molecule has 3 rings (SSSR count). The van der Waals surface area contributed by atoms with Gasteiger partial charge in [0, 0.05) is 58.2 Å². The van der Waals surface area contributed by atoms with E-state index in [0.717, 1.165) is 38.3 Å². The molecule has 7 nitrogen and oxygen atoms in total. The monoisotopic (exact) mass is 315 g/mol. The Hall–Kier alpha value is -2.41. The summed E-state index contributed by atoms with van der Waals surface area (Å²) >= 11 is 0. The molecule has 1 amide bonds. The van der Waals surface area contributed by atoms with Crippen LogP contribution in [0.15, 0.2) is 30.6 Å². The second-order valence-corrected chi connectivity index (χ2v) is 5.62. The number of piperazine rings is 1. The molecular weight excluding hydrogens is 294 g/mol. The van der Waals surface area contributed by atoms with E-state index in [1.165, 1.54) is 0 Å². The molecule has 0 unspecified atom stereocenters. The first kappa shape index (κ1) is 15.5. The lowest BCUT2D eigenvalue weighted by Gasteiger charge is -2.34. The third-order valence-electron chi connectivity index (χ3n) is 4.11. The van der Waals surface area contributed by atoms with E-state index in [1.54, 1.807) is 31.1 Å². The molecule has 7 heteroatoms. The quantitative estimate of drug-likeness (QED) is 0.834. The molecule has 3 heterocycles. The predicted molar refractivity (Wildman–Crippen MR) is 85.2 cm³/mol. The Labute approximate surface area is 135 Å². The summed E-state index contributed by atoms with van der Waals surface area (Å²) in [5.41, 5.74) is 1.79. The van der Waals surface area contributed by atoms with Gasteiger partial charge in [0.05, 0.1) is 7.11 Å². The minimum atomic E-state index is 0.0516. The molecule has 0 saturated carbocycles. The number of rotatable bonds is 4. The van der Waals surface area contributed by atoms with E-state index in [9.17, 15) is 4.79 Å². The van der Waals surface area contributed by atoms with Crippen molar-refractivity contribution in [3.05, 3.63) is 41.9 Å². The SMILES string of the molecule is COc1ccc(CN2CCN(C(=O)c3ccnn3C)CC2)cn1. The van der Waals surface area contributed by atoms with Gasteiger partial charge in [-0.1, -0.05) is 6.07 Å². The molecule has 0 atom stereocenters. The van der Waals surface area contributed by atoms with Crippen molar-refractivity contribution in [1.29, 1.82) is 0 Å². The van der Waals surface area contributed by atoms with E-state index in [4.69, 9.17) is 4.74 Å². The fourth-order valence-electron chi connectivity index (χ4n) is 2.74. The smallest absolute Gasteiger partial charge is 0.272 e. The number of hydrogen-bond acceptors (Lipinski definition) is 5. The molecule has 23 heavy (non-hydrogen) atoms. The molecule has 0 aromatic carbocycles. The van der Waals surface area contributed by atoms with Gasteiger partial charge < -0.3 is 9.64 Å². The minimum Gasteiger partial charge on any atom is -0.481 e. The molecule has 0 spiro atoms. The van der Waals surface area contributed by atoms with E-state index in [0.29, 0.717) is 11.6 Å². The zero-order chi connectivity index (χ0) is 16.2. The molecule has 1 aliphatic rings. The normalized spacial score (nSPS) is 15.7. The highest BCUT2D eigenvalue weighted by molar-refractivity contribution is 5.92. The number of aryl methyl sites for hydroxylation is 1. The third kappa shape index (κ3) is 3.50. The second kappa shape index (κ2) is 6.78. The van der Waals surface area contributed by atoms with Crippen molar-refractivity contribution in [2.75, 3.05) is 33.3 Å². The molecule has 0 bridgehead atoms. The maximum Gasteiger partial charge on any atom is 0.272 e. The van der Waals surface area contributed by atoms with Crippen molar-refractivity contribution in [2.24, 2.45) is 7.05 Å². The Kier molecular flexibility index (Phi) is 4.57. The van der Waals surface area contributed by atoms with Crippen molar-refractivity contribution in [3.8, 4) is 5.88 Å². The van der Waals surface area contributed by atoms with Crippen LogP contribution in [-0.2, 0) is 13.6 Å². The van der Waals surface area contributed by atoms with Crippen molar-refractivity contribution < 1.29 is 9.53 Å². The number of aromatic nitrogens is 3. The Morgan fingerprint density at radius 1 is 1.22 bits per heavy atom. The van der Waals surface area contributed by atoms with Gasteiger partial charge in [-0.15, -0.1) is 0 Å². The van der Waals surface area contributed by atoms with Gasteiger partial charge in [-0.05, 0) is 11.6 Å².